The number of thiazole rings is 1. The van der Waals surface area contributed by atoms with Crippen molar-refractivity contribution in [3.05, 3.63) is 10.6 Å². The van der Waals surface area contributed by atoms with Crippen molar-refractivity contribution in [2.24, 2.45) is 5.73 Å². The topological polar surface area (TPSA) is 50.9 Å². The molecule has 3 N–H and O–H groups in total. The Bertz CT molecular complexity index is 272. The van der Waals surface area contributed by atoms with Crippen LogP contribution in [0.5, 0.6) is 0 Å². The standard InChI is InChI=1S/C9H17N3S/c1-6-7(2)13-8(11-6)12-9(3,4)5-10/h5,10H2,1-4H3,(H,11,12). The van der Waals surface area contributed by atoms with E-state index in [2.05, 4.69) is 31.1 Å². The van der Waals surface area contributed by atoms with Crippen molar-refractivity contribution >= 4 is 16.5 Å². The minimum absolute atomic E-state index is 0.0727. The fourth-order valence-electron chi connectivity index (χ4n) is 0.867. The third kappa shape index (κ3) is 2.67. The van der Waals surface area contributed by atoms with Gasteiger partial charge >= 0.3 is 0 Å². The Kier molecular flexibility index (Phi) is 2.93. The lowest BCUT2D eigenvalue weighted by molar-refractivity contribution is 0.579. The van der Waals surface area contributed by atoms with Crippen LogP contribution in [0.25, 0.3) is 0 Å². The molecule has 0 saturated carbocycles. The summed E-state index contributed by atoms with van der Waals surface area (Å²) in [5.41, 5.74) is 6.64. The smallest absolute Gasteiger partial charge is 0.183 e. The molecule has 0 aliphatic rings. The van der Waals surface area contributed by atoms with Crippen molar-refractivity contribution in [3.63, 3.8) is 0 Å². The van der Waals surface area contributed by atoms with E-state index in [0.717, 1.165) is 10.8 Å². The van der Waals surface area contributed by atoms with Crippen LogP contribution in [0, 0.1) is 13.8 Å². The molecule has 13 heavy (non-hydrogen) atoms. The number of nitrogens with one attached hydrogen (secondary N) is 1. The maximum Gasteiger partial charge on any atom is 0.183 e. The third-order valence-electron chi connectivity index (χ3n) is 1.98. The van der Waals surface area contributed by atoms with Gasteiger partial charge in [0.25, 0.3) is 0 Å². The molecule has 0 aliphatic carbocycles. The number of aryl methyl sites for hydroxylation is 2. The maximum atomic E-state index is 5.61. The highest BCUT2D eigenvalue weighted by molar-refractivity contribution is 7.15. The Morgan fingerprint density at radius 1 is 1.46 bits per heavy atom. The predicted octanol–water partition coefficient (Wildman–Crippen LogP) is 1.91. The molecular weight excluding hydrogens is 182 g/mol. The lowest BCUT2D eigenvalue weighted by Crippen LogP contribution is -2.39. The monoisotopic (exact) mass is 199 g/mol. The zero-order valence-corrected chi connectivity index (χ0v) is 9.46. The normalized spacial score (nSPS) is 11.8. The van der Waals surface area contributed by atoms with E-state index in [-0.39, 0.29) is 5.54 Å². The minimum atomic E-state index is -0.0727. The van der Waals surface area contributed by atoms with E-state index in [1.54, 1.807) is 11.3 Å². The summed E-state index contributed by atoms with van der Waals surface area (Å²) in [6, 6.07) is 0. The molecule has 1 aromatic heterocycles. The summed E-state index contributed by atoms with van der Waals surface area (Å²) in [5, 5.41) is 4.28. The van der Waals surface area contributed by atoms with E-state index >= 15 is 0 Å². The second-order valence-electron chi connectivity index (χ2n) is 3.87. The van der Waals surface area contributed by atoms with Gasteiger partial charge in [-0.1, -0.05) is 0 Å². The van der Waals surface area contributed by atoms with Crippen LogP contribution in [-0.2, 0) is 0 Å². The van der Waals surface area contributed by atoms with Gasteiger partial charge in [0.15, 0.2) is 5.13 Å². The van der Waals surface area contributed by atoms with E-state index in [1.807, 2.05) is 6.92 Å². The van der Waals surface area contributed by atoms with Crippen LogP contribution in [0.3, 0.4) is 0 Å². The minimum Gasteiger partial charge on any atom is -0.355 e. The van der Waals surface area contributed by atoms with Crippen molar-refractivity contribution in [2.75, 3.05) is 11.9 Å². The molecule has 0 fully saturated rings. The number of anilines is 1. The summed E-state index contributed by atoms with van der Waals surface area (Å²) in [5.74, 6) is 0. The van der Waals surface area contributed by atoms with E-state index in [9.17, 15) is 0 Å². The van der Waals surface area contributed by atoms with Crippen LogP contribution in [0.2, 0.25) is 0 Å². The van der Waals surface area contributed by atoms with Gasteiger partial charge in [-0.25, -0.2) is 4.98 Å². The zero-order valence-electron chi connectivity index (χ0n) is 8.64. The highest BCUT2D eigenvalue weighted by Gasteiger charge is 2.16. The summed E-state index contributed by atoms with van der Waals surface area (Å²) in [7, 11) is 0. The molecule has 0 radical (unpaired) electrons. The Labute approximate surface area is 83.4 Å². The van der Waals surface area contributed by atoms with Crippen LogP contribution in [-0.4, -0.2) is 17.1 Å². The van der Waals surface area contributed by atoms with Gasteiger partial charge in [-0.2, -0.15) is 0 Å². The quantitative estimate of drug-likeness (QED) is 0.782. The van der Waals surface area contributed by atoms with Gasteiger partial charge in [-0.05, 0) is 27.7 Å². The Balaban J connectivity index is 2.75. The average Bonchev–Trinajstić information content (AvgIpc) is 2.30. The van der Waals surface area contributed by atoms with Crippen molar-refractivity contribution < 1.29 is 0 Å². The first-order chi connectivity index (χ1) is 5.94. The van der Waals surface area contributed by atoms with E-state index < -0.39 is 0 Å². The van der Waals surface area contributed by atoms with Crippen LogP contribution in [0.15, 0.2) is 0 Å². The molecule has 0 atom stereocenters. The Morgan fingerprint density at radius 3 is 2.46 bits per heavy atom. The molecule has 1 rings (SSSR count). The van der Waals surface area contributed by atoms with Gasteiger partial charge in [0.1, 0.15) is 0 Å². The molecule has 0 aromatic carbocycles. The molecule has 0 amide bonds. The van der Waals surface area contributed by atoms with Gasteiger partial charge in [0.2, 0.25) is 0 Å². The van der Waals surface area contributed by atoms with Crippen LogP contribution < -0.4 is 11.1 Å². The van der Waals surface area contributed by atoms with Crippen molar-refractivity contribution in [1.29, 1.82) is 0 Å². The van der Waals surface area contributed by atoms with Crippen molar-refractivity contribution in [3.8, 4) is 0 Å². The second kappa shape index (κ2) is 3.64. The summed E-state index contributed by atoms with van der Waals surface area (Å²) in [4.78, 5) is 5.65. The molecule has 0 spiro atoms. The molecule has 0 unspecified atom stereocenters. The zero-order chi connectivity index (χ0) is 10.1. The van der Waals surface area contributed by atoms with Gasteiger partial charge in [-0.3, -0.25) is 0 Å². The number of nitrogens with two attached hydrogens (primary N) is 1. The van der Waals surface area contributed by atoms with E-state index in [4.69, 9.17) is 5.73 Å². The molecule has 1 aromatic rings. The number of nitrogens with zero attached hydrogens (tertiary/aromatic N) is 1. The predicted molar refractivity (Wildman–Crippen MR) is 58.3 cm³/mol. The SMILES string of the molecule is Cc1nc(NC(C)(C)CN)sc1C. The number of aromatic nitrogens is 1. The first-order valence-corrected chi connectivity index (χ1v) is 5.18. The number of hydrogen-bond donors (Lipinski definition) is 2. The Hall–Kier alpha value is -0.610. The summed E-state index contributed by atoms with van der Waals surface area (Å²) in [6.45, 7) is 8.84. The van der Waals surface area contributed by atoms with E-state index in [1.165, 1.54) is 4.88 Å². The second-order valence-corrected chi connectivity index (χ2v) is 5.08. The molecule has 4 heteroatoms. The molecule has 3 nitrogen and oxygen atoms in total. The first kappa shape index (κ1) is 10.5. The molecule has 0 bridgehead atoms. The molecule has 0 saturated heterocycles. The van der Waals surface area contributed by atoms with Gasteiger partial charge in [0.05, 0.1) is 5.69 Å². The average molecular weight is 199 g/mol. The fourth-order valence-corrected chi connectivity index (χ4v) is 1.86. The fraction of sp³-hybridized carbons (Fsp3) is 0.667. The summed E-state index contributed by atoms with van der Waals surface area (Å²) < 4.78 is 0. The maximum absolute atomic E-state index is 5.61. The van der Waals surface area contributed by atoms with Gasteiger partial charge in [0, 0.05) is 17.0 Å². The van der Waals surface area contributed by atoms with Crippen molar-refractivity contribution in [1.82, 2.24) is 4.98 Å². The lowest BCUT2D eigenvalue weighted by atomic mass is 10.1. The van der Waals surface area contributed by atoms with Crippen LogP contribution in [0.4, 0.5) is 5.13 Å². The van der Waals surface area contributed by atoms with Gasteiger partial charge < -0.3 is 11.1 Å². The highest BCUT2D eigenvalue weighted by Crippen LogP contribution is 2.23. The summed E-state index contributed by atoms with van der Waals surface area (Å²) >= 11 is 1.68. The van der Waals surface area contributed by atoms with Crippen LogP contribution in [0.1, 0.15) is 24.4 Å². The number of rotatable bonds is 3. The molecule has 0 aliphatic heterocycles. The largest absolute Gasteiger partial charge is 0.355 e. The molecule has 1 heterocycles. The highest BCUT2D eigenvalue weighted by atomic mass is 32.1. The number of hydrogen-bond acceptors (Lipinski definition) is 4. The van der Waals surface area contributed by atoms with Crippen molar-refractivity contribution in [2.45, 2.75) is 33.2 Å². The van der Waals surface area contributed by atoms with E-state index in [0.29, 0.717) is 6.54 Å². The molecule has 74 valence electrons. The van der Waals surface area contributed by atoms with Gasteiger partial charge in [-0.15, -0.1) is 11.3 Å². The van der Waals surface area contributed by atoms with Crippen LogP contribution >= 0.6 is 11.3 Å². The molecular formula is C9H17N3S. The summed E-state index contributed by atoms with van der Waals surface area (Å²) in [6.07, 6.45) is 0. The Morgan fingerprint density at radius 2 is 2.08 bits per heavy atom. The third-order valence-corrected chi connectivity index (χ3v) is 2.97. The lowest BCUT2D eigenvalue weighted by Gasteiger charge is -2.23. The first-order valence-electron chi connectivity index (χ1n) is 4.37.